The van der Waals surface area contributed by atoms with Crippen molar-refractivity contribution in [3.63, 3.8) is 0 Å². The summed E-state index contributed by atoms with van der Waals surface area (Å²) in [5.74, 6) is 1.58. The van der Waals surface area contributed by atoms with Gasteiger partial charge in [-0.25, -0.2) is 9.59 Å². The second kappa shape index (κ2) is 13.1. The van der Waals surface area contributed by atoms with Gasteiger partial charge in [0.2, 0.25) is 6.79 Å². The molecule has 4 aliphatic rings. The zero-order valence-corrected chi connectivity index (χ0v) is 26.8. The number of rotatable bonds is 10. The number of nitrogens with zero attached hydrogens (tertiary/aromatic N) is 3. The van der Waals surface area contributed by atoms with Crippen molar-refractivity contribution in [2.45, 2.75) is 50.5 Å². The van der Waals surface area contributed by atoms with Crippen molar-refractivity contribution < 1.29 is 47.5 Å². The van der Waals surface area contributed by atoms with Crippen LogP contribution in [0.3, 0.4) is 0 Å². The van der Waals surface area contributed by atoms with E-state index in [4.69, 9.17) is 37.9 Å². The van der Waals surface area contributed by atoms with Gasteiger partial charge in [-0.3, -0.25) is 9.80 Å². The molecule has 0 spiro atoms. The Morgan fingerprint density at radius 3 is 2.53 bits per heavy atom. The summed E-state index contributed by atoms with van der Waals surface area (Å²) in [5.41, 5.74) is 3.49. The number of methoxy groups -OCH3 is 2. The fourth-order valence-electron chi connectivity index (χ4n) is 7.23. The van der Waals surface area contributed by atoms with Crippen LogP contribution < -0.4 is 23.7 Å². The van der Waals surface area contributed by atoms with Gasteiger partial charge in [-0.05, 0) is 37.5 Å². The van der Waals surface area contributed by atoms with E-state index in [1.54, 1.807) is 24.2 Å². The van der Waals surface area contributed by atoms with Crippen LogP contribution in [-0.2, 0) is 25.4 Å². The first-order chi connectivity index (χ1) is 22.8. The maximum absolute atomic E-state index is 13.9. The fraction of sp³-hybridized carbons (Fsp3) is 0.441. The Labute approximate surface area is 272 Å². The highest BCUT2D eigenvalue weighted by Crippen LogP contribution is 2.55. The van der Waals surface area contributed by atoms with Crippen molar-refractivity contribution in [1.82, 2.24) is 9.80 Å². The second-order valence-electron chi connectivity index (χ2n) is 11.5. The number of benzene rings is 2. The number of aryl methyl sites for hydroxylation is 1. The van der Waals surface area contributed by atoms with Crippen molar-refractivity contribution in [1.29, 1.82) is 5.26 Å². The number of amides is 1. The van der Waals surface area contributed by atoms with Crippen LogP contribution in [0.4, 0.5) is 4.79 Å². The zero-order valence-electron chi connectivity index (χ0n) is 26.8. The Hall–Kier alpha value is -4.93. The lowest BCUT2D eigenvalue weighted by Gasteiger charge is -2.58. The van der Waals surface area contributed by atoms with Crippen LogP contribution in [0.5, 0.6) is 28.7 Å². The van der Waals surface area contributed by atoms with Gasteiger partial charge < -0.3 is 37.9 Å². The molecule has 47 heavy (non-hydrogen) atoms. The zero-order chi connectivity index (χ0) is 33.4. The highest BCUT2D eigenvalue weighted by Gasteiger charge is 2.60. The molecule has 0 radical (unpaired) electrons. The van der Waals surface area contributed by atoms with Gasteiger partial charge in [0.15, 0.2) is 29.8 Å². The second-order valence-corrected chi connectivity index (χ2v) is 11.5. The summed E-state index contributed by atoms with van der Waals surface area (Å²) in [6.45, 7) is 11.1. The molecular formula is C34H37N3O10. The number of carbonyl (C=O) groups is 2. The van der Waals surface area contributed by atoms with E-state index >= 15 is 0 Å². The molecule has 2 aromatic carbocycles. The SMILES string of the molecule is C=CCOC(=O)N1[C@H]2Cc3cc(C)c(OC)c(OCC=C)c3[C@H]1[C@@H]1COC(=O)C(c3cc(OCOC)c(C)c4c3OCO4)N1[C@H]2C#N. The molecular weight excluding hydrogens is 610 g/mol. The molecule has 13 heteroatoms. The van der Waals surface area contributed by atoms with E-state index in [-0.39, 0.29) is 39.8 Å². The number of nitriles is 1. The number of morpholine rings is 1. The van der Waals surface area contributed by atoms with Crippen LogP contribution in [0.15, 0.2) is 37.4 Å². The Morgan fingerprint density at radius 1 is 1.06 bits per heavy atom. The highest BCUT2D eigenvalue weighted by atomic mass is 16.7. The number of cyclic esters (lactones) is 1. The average Bonchev–Trinajstić information content (AvgIpc) is 3.56. The van der Waals surface area contributed by atoms with Gasteiger partial charge in [0.25, 0.3) is 0 Å². The molecule has 5 atom stereocenters. The first-order valence-corrected chi connectivity index (χ1v) is 15.2. The van der Waals surface area contributed by atoms with E-state index in [2.05, 4.69) is 19.2 Å². The van der Waals surface area contributed by atoms with Crippen molar-refractivity contribution in [2.24, 2.45) is 0 Å². The standard InChI is InChI=1S/C34H37N3O10/c1-7-9-42-32-26-20(11-18(3)29(32)41-6)12-22-23(14-35)36-24(28(26)37(22)34(39)43-10-8-2)15-44-33(38)27(36)21-13-25(45-16-40-5)19(4)30-31(21)47-17-46-30/h7-8,11,13,22-24,27-28H,1-2,9-10,12,15-17H2,3-6H3/t22-,23-,24-,27?,28+/m0/s1. The van der Waals surface area contributed by atoms with Gasteiger partial charge in [-0.2, -0.15) is 5.26 Å². The molecule has 2 aromatic rings. The molecule has 4 aliphatic heterocycles. The van der Waals surface area contributed by atoms with Crippen molar-refractivity contribution >= 4 is 12.1 Å². The van der Waals surface area contributed by atoms with Crippen LogP contribution in [0.25, 0.3) is 0 Å². The Bertz CT molecular complexity index is 1650. The molecule has 248 valence electrons. The number of hydrogen-bond acceptors (Lipinski definition) is 12. The molecule has 0 aromatic heterocycles. The number of fused-ring (bicyclic) bond motifs is 7. The normalized spacial score (nSPS) is 23.9. The van der Waals surface area contributed by atoms with Crippen molar-refractivity contribution in [3.8, 4) is 34.8 Å². The van der Waals surface area contributed by atoms with Gasteiger partial charge >= 0.3 is 12.1 Å². The summed E-state index contributed by atoms with van der Waals surface area (Å²) in [6.07, 6.45) is 2.75. The Morgan fingerprint density at radius 2 is 1.83 bits per heavy atom. The molecule has 2 saturated heterocycles. The minimum absolute atomic E-state index is 0.0288. The molecule has 13 nitrogen and oxygen atoms in total. The topological polar surface area (TPSA) is 138 Å². The summed E-state index contributed by atoms with van der Waals surface area (Å²) < 4.78 is 46.3. The van der Waals surface area contributed by atoms with Crippen LogP contribution in [0.2, 0.25) is 0 Å². The van der Waals surface area contributed by atoms with E-state index in [1.807, 2.05) is 24.8 Å². The van der Waals surface area contributed by atoms with Gasteiger partial charge in [-0.1, -0.05) is 31.4 Å². The van der Waals surface area contributed by atoms with Crippen LogP contribution in [0, 0.1) is 25.2 Å². The molecule has 0 aliphatic carbocycles. The van der Waals surface area contributed by atoms with E-state index in [1.165, 1.54) is 13.2 Å². The minimum Gasteiger partial charge on any atom is -0.493 e. The molecule has 1 amide bonds. The molecule has 0 saturated carbocycles. The van der Waals surface area contributed by atoms with Crippen LogP contribution >= 0.6 is 0 Å². The van der Waals surface area contributed by atoms with Gasteiger partial charge in [0, 0.05) is 23.8 Å². The smallest absolute Gasteiger partial charge is 0.411 e. The minimum atomic E-state index is -1.11. The fourth-order valence-corrected chi connectivity index (χ4v) is 7.23. The Kier molecular flexibility index (Phi) is 8.90. The third kappa shape index (κ3) is 5.17. The average molecular weight is 648 g/mol. The number of esters is 1. The summed E-state index contributed by atoms with van der Waals surface area (Å²) in [5, 5.41) is 10.8. The lowest BCUT2D eigenvalue weighted by Crippen LogP contribution is -2.71. The maximum atomic E-state index is 13.9. The molecule has 6 rings (SSSR count). The first kappa shape index (κ1) is 32.0. The number of piperazine rings is 1. The van der Waals surface area contributed by atoms with Gasteiger partial charge in [-0.15, -0.1) is 0 Å². The Balaban J connectivity index is 1.57. The number of carbonyl (C=O) groups excluding carboxylic acids is 2. The van der Waals surface area contributed by atoms with Crippen LogP contribution in [0.1, 0.15) is 39.9 Å². The monoisotopic (exact) mass is 647 g/mol. The quantitative estimate of drug-likeness (QED) is 0.209. The summed E-state index contributed by atoms with van der Waals surface area (Å²) in [6, 6.07) is 1.86. The summed E-state index contributed by atoms with van der Waals surface area (Å²) >= 11 is 0. The third-order valence-corrected chi connectivity index (χ3v) is 8.99. The lowest BCUT2D eigenvalue weighted by molar-refractivity contribution is -0.179. The molecule has 2 fully saturated rings. The maximum Gasteiger partial charge on any atom is 0.411 e. The van der Waals surface area contributed by atoms with Crippen molar-refractivity contribution in [3.05, 3.63) is 65.3 Å². The van der Waals surface area contributed by atoms with E-state index in [0.717, 1.165) is 11.1 Å². The van der Waals surface area contributed by atoms with Crippen LogP contribution in [-0.4, -0.2) is 87.6 Å². The lowest BCUT2D eigenvalue weighted by atomic mass is 9.75. The predicted octanol–water partition coefficient (Wildman–Crippen LogP) is 4.05. The summed E-state index contributed by atoms with van der Waals surface area (Å²) in [4.78, 5) is 31.2. The first-order valence-electron chi connectivity index (χ1n) is 15.2. The predicted molar refractivity (Wildman–Crippen MR) is 166 cm³/mol. The van der Waals surface area contributed by atoms with Gasteiger partial charge in [0.05, 0.1) is 31.3 Å². The largest absolute Gasteiger partial charge is 0.493 e. The van der Waals surface area contributed by atoms with E-state index in [9.17, 15) is 14.9 Å². The molecule has 1 unspecified atom stereocenters. The summed E-state index contributed by atoms with van der Waals surface area (Å²) in [7, 11) is 3.06. The van der Waals surface area contributed by atoms with E-state index in [0.29, 0.717) is 45.4 Å². The molecule has 0 N–H and O–H groups in total. The number of ether oxygens (including phenoxy) is 8. The third-order valence-electron chi connectivity index (χ3n) is 8.99. The van der Waals surface area contributed by atoms with Gasteiger partial charge in [0.1, 0.15) is 37.7 Å². The molecule has 2 bridgehead atoms. The number of hydrogen-bond donors (Lipinski definition) is 0. The molecule has 4 heterocycles. The van der Waals surface area contributed by atoms with Crippen molar-refractivity contribution in [2.75, 3.05) is 47.6 Å². The van der Waals surface area contributed by atoms with E-state index < -0.39 is 42.3 Å². The highest BCUT2D eigenvalue weighted by molar-refractivity contribution is 5.82.